The van der Waals surface area contributed by atoms with Crippen LogP contribution in [0.25, 0.3) is 10.2 Å². The Morgan fingerprint density at radius 3 is 2.95 bits per heavy atom. The summed E-state index contributed by atoms with van der Waals surface area (Å²) in [5.41, 5.74) is 1.26. The summed E-state index contributed by atoms with van der Waals surface area (Å²) in [7, 11) is 0. The van der Waals surface area contributed by atoms with Gasteiger partial charge in [0.25, 0.3) is 0 Å². The van der Waals surface area contributed by atoms with Crippen LogP contribution >= 0.6 is 11.3 Å². The Balaban J connectivity index is 1.75. The number of hydrogen-bond acceptors (Lipinski definition) is 6. The summed E-state index contributed by atoms with van der Waals surface area (Å²) in [5, 5.41) is 15.6. The largest absolute Gasteiger partial charge is 0.395 e. The van der Waals surface area contributed by atoms with Gasteiger partial charge in [0, 0.05) is 25.7 Å². The van der Waals surface area contributed by atoms with Crippen molar-refractivity contribution in [2.24, 2.45) is 0 Å². The molecule has 3 heterocycles. The summed E-state index contributed by atoms with van der Waals surface area (Å²) >= 11 is 1.69. The minimum atomic E-state index is 0.209. The van der Waals surface area contributed by atoms with Crippen LogP contribution in [0.1, 0.15) is 18.4 Å². The molecule has 1 aliphatic rings. The summed E-state index contributed by atoms with van der Waals surface area (Å²) in [6.45, 7) is 5.03. The number of anilines is 1. The van der Waals surface area contributed by atoms with Gasteiger partial charge in [-0.15, -0.1) is 11.3 Å². The molecule has 0 radical (unpaired) electrons. The van der Waals surface area contributed by atoms with Crippen LogP contribution in [0.4, 0.5) is 5.82 Å². The smallest absolute Gasteiger partial charge is 0.141 e. The van der Waals surface area contributed by atoms with Crippen molar-refractivity contribution in [2.45, 2.75) is 25.8 Å². The molecule has 0 atom stereocenters. The van der Waals surface area contributed by atoms with Gasteiger partial charge in [-0.25, -0.2) is 9.97 Å². The van der Waals surface area contributed by atoms with Crippen molar-refractivity contribution < 1.29 is 5.11 Å². The second-order valence-electron chi connectivity index (χ2n) is 5.24. The highest BCUT2D eigenvalue weighted by Gasteiger charge is 2.22. The van der Waals surface area contributed by atoms with E-state index >= 15 is 0 Å². The fraction of sp³-hybridized carbons (Fsp3) is 0.571. The number of hydrogen-bond donors (Lipinski definition) is 2. The molecule has 1 aliphatic heterocycles. The molecule has 0 aliphatic carbocycles. The van der Waals surface area contributed by atoms with E-state index in [0.29, 0.717) is 12.6 Å². The Labute approximate surface area is 122 Å². The van der Waals surface area contributed by atoms with E-state index in [1.54, 1.807) is 17.7 Å². The molecular formula is C14H20N4OS. The lowest BCUT2D eigenvalue weighted by Gasteiger charge is -2.33. The van der Waals surface area contributed by atoms with Crippen molar-refractivity contribution in [3.05, 3.63) is 17.3 Å². The number of aromatic nitrogens is 2. The molecule has 2 aromatic heterocycles. The van der Waals surface area contributed by atoms with Gasteiger partial charge in [-0.2, -0.15) is 0 Å². The molecular weight excluding hydrogens is 272 g/mol. The number of aliphatic hydroxyl groups is 1. The van der Waals surface area contributed by atoms with Crippen molar-refractivity contribution >= 4 is 27.4 Å². The predicted octanol–water partition coefficient (Wildman–Crippen LogP) is 1.55. The molecule has 6 heteroatoms. The molecule has 0 amide bonds. The van der Waals surface area contributed by atoms with Gasteiger partial charge in [-0.3, -0.25) is 0 Å². The number of piperidine rings is 1. The molecule has 2 aromatic rings. The van der Waals surface area contributed by atoms with Crippen LogP contribution in [0.5, 0.6) is 0 Å². The monoisotopic (exact) mass is 292 g/mol. The van der Waals surface area contributed by atoms with Crippen LogP contribution in [-0.4, -0.2) is 47.4 Å². The topological polar surface area (TPSA) is 61.3 Å². The van der Waals surface area contributed by atoms with Crippen LogP contribution in [0.2, 0.25) is 0 Å². The first-order valence-electron chi connectivity index (χ1n) is 7.07. The summed E-state index contributed by atoms with van der Waals surface area (Å²) in [6.07, 6.45) is 3.85. The van der Waals surface area contributed by atoms with Crippen LogP contribution in [0.3, 0.4) is 0 Å². The zero-order chi connectivity index (χ0) is 13.9. The maximum Gasteiger partial charge on any atom is 0.141 e. The molecule has 0 saturated carbocycles. The molecule has 0 aromatic carbocycles. The fourth-order valence-corrected chi connectivity index (χ4v) is 3.69. The van der Waals surface area contributed by atoms with Gasteiger partial charge in [0.2, 0.25) is 0 Å². The number of aryl methyl sites for hydroxylation is 1. The van der Waals surface area contributed by atoms with E-state index in [9.17, 15) is 0 Å². The minimum Gasteiger partial charge on any atom is -0.395 e. The van der Waals surface area contributed by atoms with Crippen molar-refractivity contribution in [2.75, 3.05) is 31.1 Å². The number of thiophene rings is 1. The Hall–Kier alpha value is -1.24. The van der Waals surface area contributed by atoms with Crippen LogP contribution in [0, 0.1) is 6.92 Å². The molecule has 2 N–H and O–H groups in total. The average Bonchev–Trinajstić information content (AvgIpc) is 2.87. The second kappa shape index (κ2) is 6.03. The summed E-state index contributed by atoms with van der Waals surface area (Å²) < 4.78 is 0. The van der Waals surface area contributed by atoms with E-state index in [2.05, 4.69) is 32.5 Å². The average molecular weight is 292 g/mol. The quantitative estimate of drug-likeness (QED) is 0.895. The van der Waals surface area contributed by atoms with Crippen LogP contribution < -0.4 is 10.2 Å². The molecule has 1 fully saturated rings. The highest BCUT2D eigenvalue weighted by atomic mass is 32.1. The van der Waals surface area contributed by atoms with Gasteiger partial charge in [-0.1, -0.05) is 0 Å². The first-order chi connectivity index (χ1) is 9.79. The molecule has 3 rings (SSSR count). The maximum absolute atomic E-state index is 8.86. The van der Waals surface area contributed by atoms with Gasteiger partial charge < -0.3 is 15.3 Å². The van der Waals surface area contributed by atoms with E-state index in [-0.39, 0.29) is 6.61 Å². The van der Waals surface area contributed by atoms with Gasteiger partial charge in [-0.05, 0) is 30.7 Å². The molecule has 0 spiro atoms. The first kappa shape index (κ1) is 13.7. The second-order valence-corrected chi connectivity index (χ2v) is 6.09. The van der Waals surface area contributed by atoms with E-state index < -0.39 is 0 Å². The van der Waals surface area contributed by atoms with Crippen molar-refractivity contribution in [3.63, 3.8) is 0 Å². The van der Waals surface area contributed by atoms with E-state index in [0.717, 1.165) is 36.6 Å². The van der Waals surface area contributed by atoms with Crippen molar-refractivity contribution in [1.29, 1.82) is 0 Å². The number of aliphatic hydroxyl groups excluding tert-OH is 1. The molecule has 20 heavy (non-hydrogen) atoms. The lowest BCUT2D eigenvalue weighted by atomic mass is 10.0. The first-order valence-corrected chi connectivity index (χ1v) is 7.95. The van der Waals surface area contributed by atoms with Crippen LogP contribution in [0.15, 0.2) is 11.7 Å². The Morgan fingerprint density at radius 2 is 2.20 bits per heavy atom. The minimum absolute atomic E-state index is 0.209. The Bertz CT molecular complexity index is 578. The lowest BCUT2D eigenvalue weighted by Crippen LogP contribution is -2.43. The molecule has 0 unspecified atom stereocenters. The maximum atomic E-state index is 8.86. The van der Waals surface area contributed by atoms with Crippen molar-refractivity contribution in [3.8, 4) is 0 Å². The number of nitrogens with one attached hydrogen (secondary N) is 1. The predicted molar refractivity (Wildman–Crippen MR) is 82.5 cm³/mol. The molecule has 5 nitrogen and oxygen atoms in total. The highest BCUT2D eigenvalue weighted by molar-refractivity contribution is 7.17. The van der Waals surface area contributed by atoms with E-state index in [4.69, 9.17) is 5.11 Å². The van der Waals surface area contributed by atoms with E-state index in [1.165, 1.54) is 10.9 Å². The Morgan fingerprint density at radius 1 is 1.40 bits per heavy atom. The summed E-state index contributed by atoms with van der Waals surface area (Å²) in [4.78, 5) is 12.3. The van der Waals surface area contributed by atoms with Gasteiger partial charge in [0.15, 0.2) is 0 Å². The zero-order valence-electron chi connectivity index (χ0n) is 11.7. The zero-order valence-corrected chi connectivity index (χ0v) is 12.5. The van der Waals surface area contributed by atoms with Gasteiger partial charge >= 0.3 is 0 Å². The standard InChI is InChI=1S/C14H20N4OS/c1-10-8-20-14-12(10)13(16-9-17-14)18-5-2-11(3-6-18)15-4-7-19/h8-9,11,15,19H,2-7H2,1H3. The SMILES string of the molecule is Cc1csc2ncnc(N3CCC(NCCO)CC3)c12. The van der Waals surface area contributed by atoms with Crippen LogP contribution in [-0.2, 0) is 0 Å². The number of rotatable bonds is 4. The number of nitrogens with zero attached hydrogens (tertiary/aromatic N) is 3. The van der Waals surface area contributed by atoms with Crippen molar-refractivity contribution in [1.82, 2.24) is 15.3 Å². The third kappa shape index (κ3) is 2.63. The summed E-state index contributed by atoms with van der Waals surface area (Å²) in [6, 6.07) is 0.513. The molecule has 0 bridgehead atoms. The van der Waals surface area contributed by atoms with E-state index in [1.807, 2.05) is 0 Å². The molecule has 1 saturated heterocycles. The third-order valence-electron chi connectivity index (χ3n) is 3.87. The third-order valence-corrected chi connectivity index (χ3v) is 4.88. The Kier molecular flexibility index (Phi) is 4.14. The summed E-state index contributed by atoms with van der Waals surface area (Å²) in [5.74, 6) is 1.08. The fourth-order valence-electron chi connectivity index (χ4n) is 2.80. The lowest BCUT2D eigenvalue weighted by molar-refractivity contribution is 0.277. The number of fused-ring (bicyclic) bond motifs is 1. The highest BCUT2D eigenvalue weighted by Crippen LogP contribution is 2.31. The molecule has 108 valence electrons. The normalized spacial score (nSPS) is 17.0. The van der Waals surface area contributed by atoms with Gasteiger partial charge in [0.05, 0.1) is 12.0 Å². The van der Waals surface area contributed by atoms with Gasteiger partial charge in [0.1, 0.15) is 17.0 Å².